The summed E-state index contributed by atoms with van der Waals surface area (Å²) in [6.45, 7) is 0. The molecular formula is C8H6ClNO2S. The number of nitrogens with zero attached hydrogens (tertiary/aromatic N) is 1. The van der Waals surface area contributed by atoms with Crippen LogP contribution in [0.2, 0.25) is 0 Å². The number of nitro groups is 1. The van der Waals surface area contributed by atoms with Gasteiger partial charge in [0.2, 0.25) is 0 Å². The van der Waals surface area contributed by atoms with E-state index in [0.717, 1.165) is 5.56 Å². The minimum Gasteiger partial charge on any atom is -0.258 e. The summed E-state index contributed by atoms with van der Waals surface area (Å²) < 4.78 is 0.306. The predicted molar refractivity (Wildman–Crippen MR) is 55.3 cm³/mol. The molecule has 0 fully saturated rings. The third-order valence-electron chi connectivity index (χ3n) is 1.46. The van der Waals surface area contributed by atoms with E-state index in [1.807, 2.05) is 0 Å². The summed E-state index contributed by atoms with van der Waals surface area (Å²) in [4.78, 5) is 9.93. The molecule has 3 nitrogen and oxygen atoms in total. The number of non-ortho nitro benzene ring substituents is 1. The van der Waals surface area contributed by atoms with Gasteiger partial charge >= 0.3 is 0 Å². The van der Waals surface area contributed by atoms with Crippen LogP contribution in [-0.2, 0) is 6.42 Å². The van der Waals surface area contributed by atoms with E-state index in [2.05, 4.69) is 12.2 Å². The van der Waals surface area contributed by atoms with Crippen molar-refractivity contribution < 1.29 is 4.92 Å². The van der Waals surface area contributed by atoms with E-state index in [0.29, 0.717) is 10.7 Å². The minimum atomic E-state index is -0.444. The maximum absolute atomic E-state index is 10.4. The zero-order chi connectivity index (χ0) is 9.84. The molecular weight excluding hydrogens is 210 g/mol. The van der Waals surface area contributed by atoms with Gasteiger partial charge in [-0.05, 0) is 5.56 Å². The first-order valence-electron chi connectivity index (χ1n) is 3.51. The van der Waals surface area contributed by atoms with E-state index in [4.69, 9.17) is 11.6 Å². The smallest absolute Gasteiger partial charge is 0.258 e. The third-order valence-corrected chi connectivity index (χ3v) is 1.74. The molecule has 0 saturated carbocycles. The van der Waals surface area contributed by atoms with Gasteiger partial charge in [-0.15, -0.1) is 0 Å². The van der Waals surface area contributed by atoms with Crippen LogP contribution in [0.5, 0.6) is 0 Å². The molecule has 1 aromatic rings. The maximum atomic E-state index is 10.4. The van der Waals surface area contributed by atoms with E-state index < -0.39 is 4.92 Å². The topological polar surface area (TPSA) is 43.1 Å². The standard InChI is InChI=1S/C8H6ClNO2S/c9-8(13)5-6-2-1-3-7(4-6)10(11)12/h1-4H,5H2. The van der Waals surface area contributed by atoms with Gasteiger partial charge < -0.3 is 0 Å². The lowest BCUT2D eigenvalue weighted by molar-refractivity contribution is -0.384. The van der Waals surface area contributed by atoms with Crippen molar-refractivity contribution in [3.63, 3.8) is 0 Å². The molecule has 0 atom stereocenters. The molecule has 0 amide bonds. The number of rotatable bonds is 3. The van der Waals surface area contributed by atoms with Crippen molar-refractivity contribution in [3.8, 4) is 0 Å². The van der Waals surface area contributed by atoms with Crippen LogP contribution >= 0.6 is 23.8 Å². The van der Waals surface area contributed by atoms with Crippen LogP contribution in [0.3, 0.4) is 0 Å². The molecule has 0 aromatic heterocycles. The summed E-state index contributed by atoms with van der Waals surface area (Å²) in [6, 6.07) is 6.26. The van der Waals surface area contributed by atoms with Crippen LogP contribution in [0.1, 0.15) is 5.56 Å². The minimum absolute atomic E-state index is 0.0606. The highest BCUT2D eigenvalue weighted by Crippen LogP contribution is 2.14. The molecule has 0 spiro atoms. The molecule has 68 valence electrons. The first kappa shape index (κ1) is 10.1. The highest BCUT2D eigenvalue weighted by molar-refractivity contribution is 7.83. The second kappa shape index (κ2) is 4.30. The van der Waals surface area contributed by atoms with Crippen LogP contribution < -0.4 is 0 Å². The quantitative estimate of drug-likeness (QED) is 0.337. The lowest BCUT2D eigenvalue weighted by Gasteiger charge is -1.97. The average molecular weight is 216 g/mol. The number of benzene rings is 1. The fourth-order valence-corrected chi connectivity index (χ4v) is 1.26. The summed E-state index contributed by atoms with van der Waals surface area (Å²) in [5, 5.41) is 10.4. The van der Waals surface area contributed by atoms with Gasteiger partial charge in [0.15, 0.2) is 0 Å². The number of hydrogen-bond donors (Lipinski definition) is 0. The van der Waals surface area contributed by atoms with Gasteiger partial charge in [-0.25, -0.2) is 0 Å². The van der Waals surface area contributed by atoms with Gasteiger partial charge in [-0.2, -0.15) is 0 Å². The molecule has 0 radical (unpaired) electrons. The van der Waals surface area contributed by atoms with Crippen molar-refractivity contribution >= 4 is 33.8 Å². The molecule has 0 unspecified atom stereocenters. The summed E-state index contributed by atoms with van der Waals surface area (Å²) in [7, 11) is 0. The Morgan fingerprint density at radius 3 is 2.85 bits per heavy atom. The van der Waals surface area contributed by atoms with Crippen molar-refractivity contribution in [1.29, 1.82) is 0 Å². The molecule has 0 heterocycles. The largest absolute Gasteiger partial charge is 0.269 e. The zero-order valence-corrected chi connectivity index (χ0v) is 8.14. The van der Waals surface area contributed by atoms with Gasteiger partial charge in [0.1, 0.15) is 0 Å². The summed E-state index contributed by atoms with van der Waals surface area (Å²) in [6.07, 6.45) is 0.387. The highest BCUT2D eigenvalue weighted by Gasteiger charge is 2.05. The van der Waals surface area contributed by atoms with Crippen LogP contribution in [0, 0.1) is 10.1 Å². The molecule has 1 aromatic carbocycles. The molecule has 0 bridgehead atoms. The second-order valence-corrected chi connectivity index (χ2v) is 3.63. The number of hydrogen-bond acceptors (Lipinski definition) is 3. The normalized spacial score (nSPS) is 9.62. The van der Waals surface area contributed by atoms with Crippen molar-refractivity contribution in [1.82, 2.24) is 0 Å². The zero-order valence-electron chi connectivity index (χ0n) is 6.57. The Kier molecular flexibility index (Phi) is 3.33. The Morgan fingerprint density at radius 1 is 1.62 bits per heavy atom. The van der Waals surface area contributed by atoms with Crippen molar-refractivity contribution in [3.05, 3.63) is 39.9 Å². The van der Waals surface area contributed by atoms with Crippen LogP contribution in [0.4, 0.5) is 5.69 Å². The predicted octanol–water partition coefficient (Wildman–Crippen LogP) is 2.70. The highest BCUT2D eigenvalue weighted by atomic mass is 35.5. The molecule has 0 aliphatic carbocycles. The first-order valence-corrected chi connectivity index (χ1v) is 4.30. The molecule has 0 N–H and O–H groups in total. The number of thiocarbonyl (C=S) groups is 1. The van der Waals surface area contributed by atoms with Crippen LogP contribution in [0.15, 0.2) is 24.3 Å². The van der Waals surface area contributed by atoms with E-state index in [1.165, 1.54) is 12.1 Å². The van der Waals surface area contributed by atoms with Crippen LogP contribution in [0.25, 0.3) is 0 Å². The Labute approximate surface area is 85.5 Å². The Balaban J connectivity index is 2.91. The van der Waals surface area contributed by atoms with E-state index in [9.17, 15) is 10.1 Å². The van der Waals surface area contributed by atoms with E-state index in [-0.39, 0.29) is 5.69 Å². The summed E-state index contributed by atoms with van der Waals surface area (Å²) in [5.41, 5.74) is 0.819. The van der Waals surface area contributed by atoms with Crippen LogP contribution in [-0.4, -0.2) is 9.25 Å². The molecule has 1 rings (SSSR count). The fourth-order valence-electron chi connectivity index (χ4n) is 0.940. The molecule has 0 aliphatic heterocycles. The first-order chi connectivity index (χ1) is 6.09. The summed E-state index contributed by atoms with van der Waals surface area (Å²) >= 11 is 10.2. The van der Waals surface area contributed by atoms with Gasteiger partial charge in [0.05, 0.1) is 9.25 Å². The number of nitro benzene ring substituents is 1. The fraction of sp³-hybridized carbons (Fsp3) is 0.125. The molecule has 0 saturated heterocycles. The lowest BCUT2D eigenvalue weighted by atomic mass is 10.1. The van der Waals surface area contributed by atoms with Crippen molar-refractivity contribution in [2.75, 3.05) is 0 Å². The Hall–Kier alpha value is -1.000. The number of halogens is 1. The third kappa shape index (κ3) is 3.08. The lowest BCUT2D eigenvalue weighted by Crippen LogP contribution is -1.93. The SMILES string of the molecule is O=[N+]([O-])c1cccc(CC(=S)Cl)c1. The van der Waals surface area contributed by atoms with E-state index >= 15 is 0 Å². The monoisotopic (exact) mass is 215 g/mol. The van der Waals surface area contributed by atoms with Gasteiger partial charge in [-0.1, -0.05) is 36.0 Å². The van der Waals surface area contributed by atoms with E-state index in [1.54, 1.807) is 12.1 Å². The molecule has 5 heteroatoms. The molecule has 0 aliphatic rings. The molecule has 13 heavy (non-hydrogen) atoms. The Morgan fingerprint density at radius 2 is 2.31 bits per heavy atom. The van der Waals surface area contributed by atoms with Gasteiger partial charge in [0.25, 0.3) is 5.69 Å². The summed E-state index contributed by atoms with van der Waals surface area (Å²) in [5.74, 6) is 0. The second-order valence-electron chi connectivity index (χ2n) is 2.46. The Bertz CT molecular complexity index is 354. The van der Waals surface area contributed by atoms with Crippen molar-refractivity contribution in [2.45, 2.75) is 6.42 Å². The van der Waals surface area contributed by atoms with Gasteiger partial charge in [-0.3, -0.25) is 10.1 Å². The van der Waals surface area contributed by atoms with Crippen molar-refractivity contribution in [2.24, 2.45) is 0 Å². The van der Waals surface area contributed by atoms with Gasteiger partial charge in [0, 0.05) is 18.6 Å². The average Bonchev–Trinajstić information content (AvgIpc) is 2.03. The maximum Gasteiger partial charge on any atom is 0.269 e.